The van der Waals surface area contributed by atoms with Crippen LogP contribution in [-0.4, -0.2) is 33.9 Å². The Morgan fingerprint density at radius 1 is 1.47 bits per heavy atom. The summed E-state index contributed by atoms with van der Waals surface area (Å²) in [6.45, 7) is 5.70. The second kappa shape index (κ2) is 5.25. The van der Waals surface area contributed by atoms with E-state index in [1.165, 1.54) is 0 Å². The van der Waals surface area contributed by atoms with Gasteiger partial charge >= 0.3 is 0 Å². The highest BCUT2D eigenvalue weighted by molar-refractivity contribution is 5.75. The molecule has 1 saturated heterocycles. The van der Waals surface area contributed by atoms with E-state index >= 15 is 0 Å². The van der Waals surface area contributed by atoms with Crippen molar-refractivity contribution in [1.82, 2.24) is 14.9 Å². The van der Waals surface area contributed by atoms with Gasteiger partial charge < -0.3 is 4.90 Å². The van der Waals surface area contributed by atoms with Crippen molar-refractivity contribution in [2.45, 2.75) is 39.0 Å². The van der Waals surface area contributed by atoms with Crippen LogP contribution in [0.3, 0.4) is 0 Å². The molecule has 0 spiro atoms. The average Bonchev–Trinajstić information content (AvgIpc) is 2.39. The van der Waals surface area contributed by atoms with Crippen LogP contribution in [0, 0.1) is 6.92 Å². The second-order valence-electron chi connectivity index (χ2n) is 4.60. The van der Waals surface area contributed by atoms with Crippen molar-refractivity contribution in [2.75, 3.05) is 13.1 Å². The summed E-state index contributed by atoms with van der Waals surface area (Å²) >= 11 is 0. The van der Waals surface area contributed by atoms with Gasteiger partial charge in [-0.3, -0.25) is 4.79 Å². The van der Waals surface area contributed by atoms with E-state index in [-0.39, 0.29) is 5.91 Å². The molecular weight excluding hydrogens is 214 g/mol. The van der Waals surface area contributed by atoms with Crippen LogP contribution in [0.2, 0.25) is 0 Å². The van der Waals surface area contributed by atoms with Crippen molar-refractivity contribution in [3.8, 4) is 0 Å². The van der Waals surface area contributed by atoms with Gasteiger partial charge in [0, 0.05) is 37.3 Å². The minimum Gasteiger partial charge on any atom is -0.343 e. The van der Waals surface area contributed by atoms with E-state index in [1.54, 1.807) is 6.33 Å². The highest BCUT2D eigenvalue weighted by Gasteiger charge is 2.24. The van der Waals surface area contributed by atoms with Crippen LogP contribution >= 0.6 is 0 Å². The minimum absolute atomic E-state index is 0.267. The summed E-state index contributed by atoms with van der Waals surface area (Å²) in [6.07, 6.45) is 6.13. The highest BCUT2D eigenvalue weighted by Crippen LogP contribution is 2.28. The summed E-state index contributed by atoms with van der Waals surface area (Å²) in [5.41, 5.74) is 2.32. The summed E-state index contributed by atoms with van der Waals surface area (Å²) in [5, 5.41) is 0. The first kappa shape index (κ1) is 12.0. The van der Waals surface area contributed by atoms with Gasteiger partial charge in [0.15, 0.2) is 0 Å². The lowest BCUT2D eigenvalue weighted by molar-refractivity contribution is -0.131. The molecule has 0 N–H and O–H groups in total. The standard InChI is InChI=1S/C13H19N3O/c1-3-12(17)16-6-4-11(5-7-16)13-10(2)8-14-9-15-13/h8-9,11H,3-7H2,1-2H3. The maximum Gasteiger partial charge on any atom is 0.222 e. The number of rotatable bonds is 2. The highest BCUT2D eigenvalue weighted by atomic mass is 16.2. The molecule has 2 heterocycles. The predicted octanol–water partition coefficient (Wildman–Crippen LogP) is 1.90. The van der Waals surface area contributed by atoms with Gasteiger partial charge in [-0.2, -0.15) is 0 Å². The molecule has 1 aromatic heterocycles. The van der Waals surface area contributed by atoms with Crippen LogP contribution in [-0.2, 0) is 4.79 Å². The molecule has 0 radical (unpaired) electrons. The van der Waals surface area contributed by atoms with Gasteiger partial charge in [0.05, 0.1) is 0 Å². The van der Waals surface area contributed by atoms with E-state index in [0.717, 1.165) is 37.2 Å². The maximum absolute atomic E-state index is 11.6. The predicted molar refractivity (Wildman–Crippen MR) is 65.6 cm³/mol. The van der Waals surface area contributed by atoms with Gasteiger partial charge in [0.25, 0.3) is 0 Å². The Morgan fingerprint density at radius 2 is 2.18 bits per heavy atom. The van der Waals surface area contributed by atoms with E-state index in [1.807, 2.05) is 18.0 Å². The molecule has 1 aliphatic heterocycles. The van der Waals surface area contributed by atoms with Crippen LogP contribution in [0.5, 0.6) is 0 Å². The first-order valence-electron chi connectivity index (χ1n) is 6.26. The second-order valence-corrected chi connectivity index (χ2v) is 4.60. The molecule has 2 rings (SSSR count). The summed E-state index contributed by atoms with van der Waals surface area (Å²) in [4.78, 5) is 21.9. The Labute approximate surface area is 102 Å². The molecule has 0 aliphatic carbocycles. The van der Waals surface area contributed by atoms with Gasteiger partial charge in [-0.05, 0) is 25.3 Å². The zero-order valence-electron chi connectivity index (χ0n) is 10.5. The fourth-order valence-corrected chi connectivity index (χ4v) is 2.46. The molecule has 1 amide bonds. The largest absolute Gasteiger partial charge is 0.343 e. The molecule has 1 fully saturated rings. The summed E-state index contributed by atoms with van der Waals surface area (Å²) < 4.78 is 0. The number of hydrogen-bond donors (Lipinski definition) is 0. The number of hydrogen-bond acceptors (Lipinski definition) is 3. The SMILES string of the molecule is CCC(=O)N1CCC(c2ncncc2C)CC1. The topological polar surface area (TPSA) is 46.1 Å². The molecule has 0 atom stereocenters. The quantitative estimate of drug-likeness (QED) is 0.783. The van der Waals surface area contributed by atoms with Gasteiger partial charge in [-0.25, -0.2) is 9.97 Å². The number of piperidine rings is 1. The number of aryl methyl sites for hydroxylation is 1. The Hall–Kier alpha value is -1.45. The van der Waals surface area contributed by atoms with Crippen molar-refractivity contribution in [2.24, 2.45) is 0 Å². The number of amides is 1. The zero-order chi connectivity index (χ0) is 12.3. The maximum atomic E-state index is 11.6. The van der Waals surface area contributed by atoms with E-state index in [2.05, 4.69) is 16.9 Å². The molecule has 0 aromatic carbocycles. The van der Waals surface area contributed by atoms with E-state index in [4.69, 9.17) is 0 Å². The molecule has 0 bridgehead atoms. The molecule has 92 valence electrons. The normalized spacial score (nSPS) is 17.2. The van der Waals surface area contributed by atoms with Crippen molar-refractivity contribution in [3.05, 3.63) is 23.8 Å². The van der Waals surface area contributed by atoms with Crippen LogP contribution in [0.1, 0.15) is 43.4 Å². The first-order valence-corrected chi connectivity index (χ1v) is 6.26. The van der Waals surface area contributed by atoms with Crippen molar-refractivity contribution < 1.29 is 4.79 Å². The molecule has 0 saturated carbocycles. The van der Waals surface area contributed by atoms with Crippen LogP contribution < -0.4 is 0 Å². The zero-order valence-corrected chi connectivity index (χ0v) is 10.5. The molecule has 4 heteroatoms. The van der Waals surface area contributed by atoms with Crippen LogP contribution in [0.15, 0.2) is 12.5 Å². The lowest BCUT2D eigenvalue weighted by Gasteiger charge is -2.32. The molecule has 4 nitrogen and oxygen atoms in total. The van der Waals surface area contributed by atoms with Crippen LogP contribution in [0.25, 0.3) is 0 Å². The van der Waals surface area contributed by atoms with Crippen LogP contribution in [0.4, 0.5) is 0 Å². The average molecular weight is 233 g/mol. The van der Waals surface area contributed by atoms with E-state index < -0.39 is 0 Å². The lowest BCUT2D eigenvalue weighted by Crippen LogP contribution is -2.37. The lowest BCUT2D eigenvalue weighted by atomic mass is 9.91. The van der Waals surface area contributed by atoms with Crippen molar-refractivity contribution >= 4 is 5.91 Å². The third-order valence-corrected chi connectivity index (χ3v) is 3.47. The van der Waals surface area contributed by atoms with Crippen molar-refractivity contribution in [1.29, 1.82) is 0 Å². The van der Waals surface area contributed by atoms with Gasteiger partial charge in [0.1, 0.15) is 6.33 Å². The molecular formula is C13H19N3O. The van der Waals surface area contributed by atoms with Crippen molar-refractivity contribution in [3.63, 3.8) is 0 Å². The molecule has 1 aliphatic rings. The van der Waals surface area contributed by atoms with Gasteiger partial charge in [0.2, 0.25) is 5.91 Å². The molecule has 0 unspecified atom stereocenters. The number of carbonyl (C=O) groups excluding carboxylic acids is 1. The minimum atomic E-state index is 0.267. The smallest absolute Gasteiger partial charge is 0.222 e. The molecule has 1 aromatic rings. The first-order chi connectivity index (χ1) is 8.22. The Kier molecular flexibility index (Phi) is 3.71. The Morgan fingerprint density at radius 3 is 2.76 bits per heavy atom. The summed E-state index contributed by atoms with van der Waals surface area (Å²) in [6, 6.07) is 0. The Bertz CT molecular complexity index is 397. The fourth-order valence-electron chi connectivity index (χ4n) is 2.46. The van der Waals surface area contributed by atoms with Gasteiger partial charge in [-0.1, -0.05) is 6.92 Å². The third-order valence-electron chi connectivity index (χ3n) is 3.47. The molecule has 17 heavy (non-hydrogen) atoms. The third kappa shape index (κ3) is 2.62. The number of aromatic nitrogens is 2. The number of likely N-dealkylation sites (tertiary alicyclic amines) is 1. The van der Waals surface area contributed by atoms with E-state index in [9.17, 15) is 4.79 Å². The van der Waals surface area contributed by atoms with E-state index in [0.29, 0.717) is 12.3 Å². The summed E-state index contributed by atoms with van der Waals surface area (Å²) in [5.74, 6) is 0.752. The fraction of sp³-hybridized carbons (Fsp3) is 0.615. The Balaban J connectivity index is 2.00. The van der Waals surface area contributed by atoms with Gasteiger partial charge in [-0.15, -0.1) is 0 Å². The number of carbonyl (C=O) groups is 1. The summed E-state index contributed by atoms with van der Waals surface area (Å²) in [7, 11) is 0. The monoisotopic (exact) mass is 233 g/mol. The number of nitrogens with zero attached hydrogens (tertiary/aromatic N) is 3.